The van der Waals surface area contributed by atoms with Crippen molar-refractivity contribution in [3.63, 3.8) is 0 Å². The fourth-order valence-electron chi connectivity index (χ4n) is 3.00. The van der Waals surface area contributed by atoms with Crippen molar-refractivity contribution in [2.24, 2.45) is 0 Å². The van der Waals surface area contributed by atoms with Crippen LogP contribution < -0.4 is 5.32 Å². The normalized spacial score (nSPS) is 17.3. The Bertz CT molecular complexity index is 827. The van der Waals surface area contributed by atoms with Gasteiger partial charge in [0.25, 0.3) is 0 Å². The Kier molecular flexibility index (Phi) is 2.71. The number of hydrogen-bond donors (Lipinski definition) is 1. The molecule has 4 rings (SSSR count). The van der Waals surface area contributed by atoms with E-state index in [4.69, 9.17) is 0 Å². The number of hydrogen-bond acceptors (Lipinski definition) is 3. The minimum Gasteiger partial charge on any atom is -0.377 e. The zero-order valence-corrected chi connectivity index (χ0v) is 11.4. The van der Waals surface area contributed by atoms with E-state index in [1.165, 1.54) is 0 Å². The molecular weight excluding hydrogens is 260 g/mol. The fourth-order valence-corrected chi connectivity index (χ4v) is 3.00. The largest absolute Gasteiger partial charge is 0.377 e. The molecule has 1 aliphatic heterocycles. The molecule has 0 saturated heterocycles. The third-order valence-electron chi connectivity index (χ3n) is 4.01. The number of benzene rings is 2. The van der Waals surface area contributed by atoms with Gasteiger partial charge in [-0.3, -0.25) is 9.78 Å². The van der Waals surface area contributed by atoms with E-state index in [0.29, 0.717) is 6.42 Å². The first kappa shape index (κ1) is 12.1. The molecule has 2 aromatic carbocycles. The molecule has 0 saturated carbocycles. The highest BCUT2D eigenvalue weighted by molar-refractivity contribution is 6.14. The molecule has 102 valence electrons. The van der Waals surface area contributed by atoms with Crippen LogP contribution >= 0.6 is 0 Å². The number of nitrogens with one attached hydrogen (secondary N) is 1. The van der Waals surface area contributed by atoms with E-state index < -0.39 is 0 Å². The summed E-state index contributed by atoms with van der Waals surface area (Å²) in [7, 11) is 0. The van der Waals surface area contributed by atoms with Crippen LogP contribution in [-0.2, 0) is 0 Å². The molecule has 1 unspecified atom stereocenters. The monoisotopic (exact) mass is 274 g/mol. The number of anilines is 1. The Balaban J connectivity index is 1.83. The lowest BCUT2D eigenvalue weighted by atomic mass is 9.90. The van der Waals surface area contributed by atoms with E-state index in [-0.39, 0.29) is 11.8 Å². The summed E-state index contributed by atoms with van der Waals surface area (Å²) < 4.78 is 0. The predicted octanol–water partition coefficient (Wildman–Crippen LogP) is 3.97. The zero-order valence-electron chi connectivity index (χ0n) is 11.4. The SMILES string of the molecule is O=C1CC(c2cccnc2)Nc2ccc3ccccc3c21. The molecule has 0 radical (unpaired) electrons. The molecule has 1 N–H and O–H groups in total. The van der Waals surface area contributed by atoms with Crippen LogP contribution in [0.5, 0.6) is 0 Å². The van der Waals surface area contributed by atoms with Gasteiger partial charge in [-0.1, -0.05) is 36.4 Å². The minimum atomic E-state index is -0.000128. The van der Waals surface area contributed by atoms with Crippen molar-refractivity contribution in [3.8, 4) is 0 Å². The lowest BCUT2D eigenvalue weighted by molar-refractivity contribution is 0.0974. The molecule has 1 atom stereocenters. The summed E-state index contributed by atoms with van der Waals surface area (Å²) in [5.41, 5.74) is 2.77. The average molecular weight is 274 g/mol. The number of aromatic nitrogens is 1. The number of nitrogens with zero attached hydrogens (tertiary/aromatic N) is 1. The van der Waals surface area contributed by atoms with Crippen LogP contribution in [0.15, 0.2) is 60.9 Å². The van der Waals surface area contributed by atoms with Crippen molar-refractivity contribution in [1.29, 1.82) is 0 Å². The van der Waals surface area contributed by atoms with E-state index in [2.05, 4.69) is 16.4 Å². The van der Waals surface area contributed by atoms with Gasteiger partial charge in [-0.15, -0.1) is 0 Å². The Morgan fingerprint density at radius 1 is 1.05 bits per heavy atom. The van der Waals surface area contributed by atoms with Gasteiger partial charge in [0.15, 0.2) is 5.78 Å². The van der Waals surface area contributed by atoms with Gasteiger partial charge < -0.3 is 5.32 Å². The maximum Gasteiger partial charge on any atom is 0.167 e. The molecule has 0 aliphatic carbocycles. The van der Waals surface area contributed by atoms with E-state index >= 15 is 0 Å². The Morgan fingerprint density at radius 2 is 1.95 bits per heavy atom. The van der Waals surface area contributed by atoms with Gasteiger partial charge in [-0.2, -0.15) is 0 Å². The molecule has 2 heterocycles. The lowest BCUT2D eigenvalue weighted by Crippen LogP contribution is -2.23. The molecule has 0 amide bonds. The van der Waals surface area contributed by atoms with Gasteiger partial charge in [-0.05, 0) is 28.5 Å². The van der Waals surface area contributed by atoms with Crippen molar-refractivity contribution < 1.29 is 4.79 Å². The number of carbonyl (C=O) groups excluding carboxylic acids is 1. The summed E-state index contributed by atoms with van der Waals surface area (Å²) in [5, 5.41) is 5.60. The van der Waals surface area contributed by atoms with Gasteiger partial charge in [-0.25, -0.2) is 0 Å². The molecule has 3 aromatic rings. The highest BCUT2D eigenvalue weighted by atomic mass is 16.1. The molecule has 1 aromatic heterocycles. The molecule has 0 spiro atoms. The molecular formula is C18H14N2O. The number of pyridine rings is 1. The topological polar surface area (TPSA) is 42.0 Å². The second kappa shape index (κ2) is 4.70. The Morgan fingerprint density at radius 3 is 2.81 bits per heavy atom. The van der Waals surface area contributed by atoms with Gasteiger partial charge >= 0.3 is 0 Å². The third kappa shape index (κ3) is 1.98. The van der Waals surface area contributed by atoms with E-state index in [1.807, 2.05) is 48.7 Å². The summed E-state index contributed by atoms with van der Waals surface area (Å²) in [6, 6.07) is 16.0. The average Bonchev–Trinajstić information content (AvgIpc) is 2.55. The predicted molar refractivity (Wildman–Crippen MR) is 83.5 cm³/mol. The molecule has 3 nitrogen and oxygen atoms in total. The summed E-state index contributed by atoms with van der Waals surface area (Å²) in [4.78, 5) is 16.8. The zero-order chi connectivity index (χ0) is 14.2. The maximum atomic E-state index is 12.6. The first-order valence-electron chi connectivity index (χ1n) is 7.04. The quantitative estimate of drug-likeness (QED) is 0.730. The minimum absolute atomic E-state index is 0.000128. The van der Waals surface area contributed by atoms with Gasteiger partial charge in [0.1, 0.15) is 0 Å². The van der Waals surface area contributed by atoms with Crippen molar-refractivity contribution in [2.45, 2.75) is 12.5 Å². The molecule has 1 aliphatic rings. The molecule has 3 heteroatoms. The Hall–Kier alpha value is -2.68. The summed E-state index contributed by atoms with van der Waals surface area (Å²) >= 11 is 0. The fraction of sp³-hybridized carbons (Fsp3) is 0.111. The van der Waals surface area contributed by atoms with Crippen LogP contribution in [0.4, 0.5) is 5.69 Å². The highest BCUT2D eigenvalue weighted by Crippen LogP contribution is 2.36. The van der Waals surface area contributed by atoms with Crippen LogP contribution in [0.2, 0.25) is 0 Å². The smallest absolute Gasteiger partial charge is 0.167 e. The Labute approximate surface area is 122 Å². The third-order valence-corrected chi connectivity index (χ3v) is 4.01. The van der Waals surface area contributed by atoms with Crippen molar-refractivity contribution in [3.05, 3.63) is 72.1 Å². The van der Waals surface area contributed by atoms with Crippen molar-refractivity contribution in [2.75, 3.05) is 5.32 Å². The summed E-state index contributed by atoms with van der Waals surface area (Å²) in [6.45, 7) is 0. The summed E-state index contributed by atoms with van der Waals surface area (Å²) in [6.07, 6.45) is 4.03. The number of ketones is 1. The van der Waals surface area contributed by atoms with Crippen LogP contribution in [-0.4, -0.2) is 10.8 Å². The van der Waals surface area contributed by atoms with Crippen LogP contribution in [0, 0.1) is 0 Å². The lowest BCUT2D eigenvalue weighted by Gasteiger charge is -2.27. The number of rotatable bonds is 1. The first-order chi connectivity index (χ1) is 10.3. The first-order valence-corrected chi connectivity index (χ1v) is 7.04. The highest BCUT2D eigenvalue weighted by Gasteiger charge is 2.27. The molecule has 0 bridgehead atoms. The maximum absolute atomic E-state index is 12.6. The van der Waals surface area contributed by atoms with Crippen molar-refractivity contribution in [1.82, 2.24) is 4.98 Å². The standard InChI is InChI=1S/C18H14N2O/c21-17-10-16(13-5-3-9-19-11-13)20-15-8-7-12-4-1-2-6-14(12)18(15)17/h1-9,11,16,20H,10H2. The van der Waals surface area contributed by atoms with Gasteiger partial charge in [0, 0.05) is 30.1 Å². The van der Waals surface area contributed by atoms with E-state index in [1.54, 1.807) is 6.20 Å². The van der Waals surface area contributed by atoms with E-state index in [9.17, 15) is 4.79 Å². The van der Waals surface area contributed by atoms with Crippen LogP contribution in [0.25, 0.3) is 10.8 Å². The number of Topliss-reactive ketones (excluding diaryl/α,β-unsaturated/α-hetero) is 1. The van der Waals surface area contributed by atoms with Crippen LogP contribution in [0.3, 0.4) is 0 Å². The molecule has 21 heavy (non-hydrogen) atoms. The molecule has 0 fully saturated rings. The van der Waals surface area contributed by atoms with Gasteiger partial charge in [0.2, 0.25) is 0 Å². The number of fused-ring (bicyclic) bond motifs is 3. The number of carbonyl (C=O) groups is 1. The van der Waals surface area contributed by atoms with Crippen molar-refractivity contribution >= 4 is 22.2 Å². The van der Waals surface area contributed by atoms with Crippen LogP contribution in [0.1, 0.15) is 28.4 Å². The second-order valence-corrected chi connectivity index (χ2v) is 5.32. The second-order valence-electron chi connectivity index (χ2n) is 5.32. The van der Waals surface area contributed by atoms with E-state index in [0.717, 1.165) is 27.6 Å². The van der Waals surface area contributed by atoms with Gasteiger partial charge in [0.05, 0.1) is 6.04 Å². The summed E-state index contributed by atoms with van der Waals surface area (Å²) in [5.74, 6) is 0.189.